The monoisotopic (exact) mass is 320 g/mol. The second-order valence-corrected chi connectivity index (χ2v) is 6.19. The van der Waals surface area contributed by atoms with Gasteiger partial charge in [0, 0.05) is 20.0 Å². The van der Waals surface area contributed by atoms with Crippen LogP contribution >= 0.6 is 0 Å². The largest absolute Gasteiger partial charge is 0.491 e. The number of carbonyl (C=O) groups is 2. The Morgan fingerprint density at radius 1 is 1.17 bits per heavy atom. The van der Waals surface area contributed by atoms with Gasteiger partial charge in [0.2, 0.25) is 11.8 Å². The highest BCUT2D eigenvalue weighted by molar-refractivity contribution is 5.83. The third kappa shape index (κ3) is 7.68. The predicted molar refractivity (Wildman–Crippen MR) is 91.4 cm³/mol. The number of hydrogen-bond acceptors (Lipinski definition) is 3. The van der Waals surface area contributed by atoms with E-state index in [0.29, 0.717) is 0 Å². The second-order valence-electron chi connectivity index (χ2n) is 6.19. The standard InChI is InChI=1S/C18H28N2O3/c1-13(2)23-17-10-8-16(9-11-17)7-6-14(3)19-18(22)12-20(5)15(4)21/h8-11,13-14H,6-7,12H2,1-5H3,(H,19,22). The lowest BCUT2D eigenvalue weighted by molar-refractivity contribution is -0.133. The second kappa shape index (κ2) is 9.18. The minimum absolute atomic E-state index is 0.0643. The molecule has 1 aromatic carbocycles. The molecule has 0 heterocycles. The van der Waals surface area contributed by atoms with Crippen LogP contribution in [0, 0.1) is 0 Å². The highest BCUT2D eigenvalue weighted by Gasteiger charge is 2.11. The first-order valence-electron chi connectivity index (χ1n) is 8.04. The highest BCUT2D eigenvalue weighted by atomic mass is 16.5. The van der Waals surface area contributed by atoms with Crippen LogP contribution in [0.5, 0.6) is 5.75 Å². The highest BCUT2D eigenvalue weighted by Crippen LogP contribution is 2.15. The number of amides is 2. The molecule has 2 amide bonds. The van der Waals surface area contributed by atoms with Crippen molar-refractivity contribution in [1.82, 2.24) is 10.2 Å². The third-order valence-corrected chi connectivity index (χ3v) is 3.49. The molecule has 0 fully saturated rings. The summed E-state index contributed by atoms with van der Waals surface area (Å²) >= 11 is 0. The maximum atomic E-state index is 11.8. The van der Waals surface area contributed by atoms with E-state index in [2.05, 4.69) is 17.4 Å². The molecule has 0 radical (unpaired) electrons. The number of rotatable bonds is 8. The molecule has 0 aromatic heterocycles. The number of benzene rings is 1. The quantitative estimate of drug-likeness (QED) is 0.800. The summed E-state index contributed by atoms with van der Waals surface area (Å²) in [6, 6.07) is 8.11. The zero-order chi connectivity index (χ0) is 17.4. The van der Waals surface area contributed by atoms with Crippen LogP contribution in [0.2, 0.25) is 0 Å². The van der Waals surface area contributed by atoms with Gasteiger partial charge in [0.15, 0.2) is 0 Å². The number of carbonyl (C=O) groups excluding carboxylic acids is 2. The van der Waals surface area contributed by atoms with Gasteiger partial charge in [-0.3, -0.25) is 9.59 Å². The van der Waals surface area contributed by atoms with Gasteiger partial charge < -0.3 is 15.0 Å². The van der Waals surface area contributed by atoms with E-state index in [1.807, 2.05) is 32.9 Å². The molecule has 1 aromatic rings. The predicted octanol–water partition coefficient (Wildman–Crippen LogP) is 2.39. The van der Waals surface area contributed by atoms with E-state index < -0.39 is 0 Å². The normalized spacial score (nSPS) is 11.9. The first kappa shape index (κ1) is 19.0. The van der Waals surface area contributed by atoms with Gasteiger partial charge in [0.25, 0.3) is 0 Å². The maximum absolute atomic E-state index is 11.8. The number of ether oxygens (including phenoxy) is 1. The van der Waals surface area contributed by atoms with Crippen LogP contribution in [0.3, 0.4) is 0 Å². The molecular weight excluding hydrogens is 292 g/mol. The van der Waals surface area contributed by atoms with Crippen LogP contribution in [-0.4, -0.2) is 42.5 Å². The van der Waals surface area contributed by atoms with Crippen molar-refractivity contribution in [1.29, 1.82) is 0 Å². The van der Waals surface area contributed by atoms with E-state index in [1.165, 1.54) is 17.4 Å². The molecule has 1 rings (SSSR count). The number of nitrogens with zero attached hydrogens (tertiary/aromatic N) is 1. The Hall–Kier alpha value is -2.04. The molecule has 1 N–H and O–H groups in total. The summed E-state index contributed by atoms with van der Waals surface area (Å²) in [5.74, 6) is 0.629. The molecule has 0 saturated carbocycles. The van der Waals surface area contributed by atoms with Crippen molar-refractivity contribution in [2.75, 3.05) is 13.6 Å². The Morgan fingerprint density at radius 2 is 1.78 bits per heavy atom. The van der Waals surface area contributed by atoms with Gasteiger partial charge in [-0.2, -0.15) is 0 Å². The molecule has 128 valence electrons. The first-order valence-corrected chi connectivity index (χ1v) is 8.04. The fourth-order valence-corrected chi connectivity index (χ4v) is 2.11. The first-order chi connectivity index (χ1) is 10.8. The van der Waals surface area contributed by atoms with Gasteiger partial charge in [-0.1, -0.05) is 12.1 Å². The summed E-state index contributed by atoms with van der Waals surface area (Å²) in [6.45, 7) is 7.52. The average molecular weight is 320 g/mol. The summed E-state index contributed by atoms with van der Waals surface area (Å²) in [4.78, 5) is 24.3. The van der Waals surface area contributed by atoms with Crippen molar-refractivity contribution < 1.29 is 14.3 Å². The minimum atomic E-state index is -0.129. The number of hydrogen-bond donors (Lipinski definition) is 1. The molecule has 0 saturated heterocycles. The zero-order valence-electron chi connectivity index (χ0n) is 14.8. The Bertz CT molecular complexity index is 512. The molecule has 0 aliphatic heterocycles. The zero-order valence-corrected chi connectivity index (χ0v) is 14.8. The van der Waals surface area contributed by atoms with Crippen LogP contribution in [0.1, 0.15) is 39.7 Å². The molecule has 1 unspecified atom stereocenters. The van der Waals surface area contributed by atoms with Gasteiger partial charge in [-0.15, -0.1) is 0 Å². The minimum Gasteiger partial charge on any atom is -0.491 e. The van der Waals surface area contributed by atoms with Gasteiger partial charge in [-0.05, 0) is 51.3 Å². The molecule has 0 aliphatic carbocycles. The molecule has 1 atom stereocenters. The molecule has 0 aliphatic rings. The van der Waals surface area contributed by atoms with E-state index in [-0.39, 0.29) is 30.5 Å². The SMILES string of the molecule is CC(=O)N(C)CC(=O)NC(C)CCc1ccc(OC(C)C)cc1. The lowest BCUT2D eigenvalue weighted by atomic mass is 10.1. The topological polar surface area (TPSA) is 58.6 Å². The van der Waals surface area contributed by atoms with E-state index in [4.69, 9.17) is 4.74 Å². The lowest BCUT2D eigenvalue weighted by Gasteiger charge is -2.18. The third-order valence-electron chi connectivity index (χ3n) is 3.49. The van der Waals surface area contributed by atoms with Crippen molar-refractivity contribution in [3.63, 3.8) is 0 Å². The van der Waals surface area contributed by atoms with Crippen LogP contribution in [0.4, 0.5) is 0 Å². The van der Waals surface area contributed by atoms with Crippen LogP contribution in [0.15, 0.2) is 24.3 Å². The Labute approximate surface area is 139 Å². The summed E-state index contributed by atoms with van der Waals surface area (Å²) in [5, 5.41) is 2.92. The Balaban J connectivity index is 2.36. The molecule has 0 bridgehead atoms. The molecular formula is C18H28N2O3. The maximum Gasteiger partial charge on any atom is 0.239 e. The van der Waals surface area contributed by atoms with E-state index in [9.17, 15) is 9.59 Å². The molecule has 5 nitrogen and oxygen atoms in total. The van der Waals surface area contributed by atoms with Crippen LogP contribution in [0.25, 0.3) is 0 Å². The van der Waals surface area contributed by atoms with Crippen molar-refractivity contribution in [3.8, 4) is 5.75 Å². The molecule has 5 heteroatoms. The van der Waals surface area contributed by atoms with E-state index >= 15 is 0 Å². The van der Waals surface area contributed by atoms with Gasteiger partial charge in [0.1, 0.15) is 5.75 Å². The average Bonchev–Trinajstić information content (AvgIpc) is 2.45. The van der Waals surface area contributed by atoms with Crippen LogP contribution in [-0.2, 0) is 16.0 Å². The van der Waals surface area contributed by atoms with E-state index in [1.54, 1.807) is 7.05 Å². The number of nitrogens with one attached hydrogen (secondary N) is 1. The number of aryl methyl sites for hydroxylation is 1. The molecule has 23 heavy (non-hydrogen) atoms. The van der Waals surface area contributed by atoms with Crippen molar-refractivity contribution in [2.24, 2.45) is 0 Å². The lowest BCUT2D eigenvalue weighted by Crippen LogP contribution is -2.41. The Kier molecular flexibility index (Phi) is 7.59. The van der Waals surface area contributed by atoms with Crippen molar-refractivity contribution in [3.05, 3.63) is 29.8 Å². The summed E-state index contributed by atoms with van der Waals surface area (Å²) in [6.07, 6.45) is 1.90. The van der Waals surface area contributed by atoms with Gasteiger partial charge in [0.05, 0.1) is 12.6 Å². The van der Waals surface area contributed by atoms with Crippen LogP contribution < -0.4 is 10.1 Å². The van der Waals surface area contributed by atoms with Crippen molar-refractivity contribution in [2.45, 2.75) is 52.7 Å². The summed E-state index contributed by atoms with van der Waals surface area (Å²) in [7, 11) is 1.62. The fraction of sp³-hybridized carbons (Fsp3) is 0.556. The number of likely N-dealkylation sites (N-methyl/N-ethyl adjacent to an activating group) is 1. The molecule has 0 spiro atoms. The van der Waals surface area contributed by atoms with Gasteiger partial charge in [-0.25, -0.2) is 0 Å². The van der Waals surface area contributed by atoms with Crippen molar-refractivity contribution >= 4 is 11.8 Å². The fourth-order valence-electron chi connectivity index (χ4n) is 2.11. The van der Waals surface area contributed by atoms with Gasteiger partial charge >= 0.3 is 0 Å². The Morgan fingerprint density at radius 3 is 2.30 bits per heavy atom. The smallest absolute Gasteiger partial charge is 0.239 e. The summed E-state index contributed by atoms with van der Waals surface area (Å²) < 4.78 is 5.61. The van der Waals surface area contributed by atoms with E-state index in [0.717, 1.165) is 18.6 Å². The summed E-state index contributed by atoms with van der Waals surface area (Å²) in [5.41, 5.74) is 1.21.